The summed E-state index contributed by atoms with van der Waals surface area (Å²) in [5, 5.41) is 17.4. The molecule has 36 heteroatoms. The molecule has 0 saturated heterocycles. The van der Waals surface area contributed by atoms with E-state index in [4.69, 9.17) is 95.1 Å². The number of hydrogen-bond acceptors (Lipinski definition) is 23. The monoisotopic (exact) mass is 2030 g/mol. The van der Waals surface area contributed by atoms with Crippen molar-refractivity contribution in [3.05, 3.63) is 351 Å². The normalized spacial score (nSPS) is 11.5. The summed E-state index contributed by atoms with van der Waals surface area (Å²) >= 11 is 38.4. The van der Waals surface area contributed by atoms with Gasteiger partial charge in [-0.1, -0.05) is 187 Å². The molecule has 0 radical (unpaired) electrons. The summed E-state index contributed by atoms with van der Waals surface area (Å²) in [6, 6.07) is 66.7. The summed E-state index contributed by atoms with van der Waals surface area (Å²) in [7, 11) is 0. The van der Waals surface area contributed by atoms with Crippen molar-refractivity contribution < 1.29 is 38.0 Å². The van der Waals surface area contributed by atoms with Gasteiger partial charge in [0.25, 0.3) is 22.2 Å². The van der Waals surface area contributed by atoms with E-state index in [1.165, 1.54) is 0 Å². The van der Waals surface area contributed by atoms with Crippen LogP contribution in [0.15, 0.2) is 262 Å². The Balaban J connectivity index is 0.000000195. The number of benzene rings is 8. The molecule has 0 amide bonds. The Morgan fingerprint density at radius 2 is 0.613 bits per heavy atom. The smallest absolute Gasteiger partial charge is 0.796 e. The van der Waals surface area contributed by atoms with Gasteiger partial charge < -0.3 is 57.2 Å². The molecule has 0 aliphatic carbocycles. The SMILES string of the molecule is C.C[C@H](N)c1cc2cccc(Cl)c2c(=O)n1-c1ccccc1.C[C@H](Nc1nc(N)ncc1I)c1cc2cccc(Cl)c2c(=O)n1-c1ccccc1.C[S-].Cc1cnc(N)nc1N[C@@H](C)c1cc2cccc(Cl)c2c(=O)n1-c1ccccc1.Cc1cnc(N)nc1N[C@@H](C)c1cc2cccc(Cl)c2c(=O)n1-c1ccccc1.Nc1ncc(I)c(Cl)n1.O=S=O.[Na+]. The van der Waals surface area contributed by atoms with Crippen molar-refractivity contribution in [3.8, 4) is 22.7 Å². The number of hydrogen-bond donors (Lipinski definition) is 8. The predicted octanol–water partition coefficient (Wildman–Crippen LogP) is 15.9. The van der Waals surface area contributed by atoms with E-state index in [0.29, 0.717) is 64.2 Å². The van der Waals surface area contributed by atoms with Gasteiger partial charge in [-0.15, -0.1) is 0 Å². The number of para-hydroxylation sites is 4. The third-order valence-electron chi connectivity index (χ3n) is 18.5. The number of aryl methyl sites for hydroxylation is 2. The minimum Gasteiger partial charge on any atom is -0.796 e. The molecule has 26 nitrogen and oxygen atoms in total. The zero-order chi connectivity index (χ0) is 88.2. The number of nitrogens with two attached hydrogens (primary N) is 5. The van der Waals surface area contributed by atoms with Gasteiger partial charge in [0, 0.05) is 87.5 Å². The molecule has 13 N–H and O–H groups in total. The van der Waals surface area contributed by atoms with E-state index in [-0.39, 0.29) is 107 Å². The van der Waals surface area contributed by atoms with Crippen LogP contribution in [-0.2, 0) is 24.2 Å². The Morgan fingerprint density at radius 3 is 0.887 bits per heavy atom. The molecule has 16 aromatic rings. The fraction of sp³-hybridized carbons (Fsp3) is 0.136. The van der Waals surface area contributed by atoms with Gasteiger partial charge >= 0.3 is 41.1 Å². The minimum atomic E-state index is -0.750. The molecule has 0 spiro atoms. The van der Waals surface area contributed by atoms with Crippen LogP contribution < -0.4 is 96.4 Å². The Hall–Kier alpha value is -10.4. The maximum absolute atomic E-state index is 13.5. The number of fused-ring (bicyclic) bond motifs is 4. The molecule has 632 valence electrons. The molecular formula is C88H82Cl5I2N20NaO6S2. The van der Waals surface area contributed by atoms with Gasteiger partial charge in [-0.3, -0.25) is 37.4 Å². The summed E-state index contributed by atoms with van der Waals surface area (Å²) in [5.41, 5.74) is 35.8. The van der Waals surface area contributed by atoms with Gasteiger partial charge in [-0.25, -0.2) is 24.9 Å². The zero-order valence-corrected chi connectivity index (χ0v) is 78.8. The van der Waals surface area contributed by atoms with Crippen LogP contribution in [-0.4, -0.2) is 72.8 Å². The largest absolute Gasteiger partial charge is 1.00 e. The molecule has 0 bridgehead atoms. The summed E-state index contributed by atoms with van der Waals surface area (Å²) in [6.07, 6.45) is 8.15. The molecule has 0 saturated carbocycles. The van der Waals surface area contributed by atoms with E-state index in [0.717, 1.165) is 85.3 Å². The van der Waals surface area contributed by atoms with Crippen LogP contribution >= 0.6 is 103 Å². The van der Waals surface area contributed by atoms with Crippen LogP contribution in [0.4, 0.5) is 41.2 Å². The van der Waals surface area contributed by atoms with E-state index >= 15 is 0 Å². The fourth-order valence-electron chi connectivity index (χ4n) is 12.9. The summed E-state index contributed by atoms with van der Waals surface area (Å²) in [6.45, 7) is 11.6. The molecule has 0 aliphatic rings. The fourth-order valence-corrected chi connectivity index (χ4v) is 14.8. The quantitative estimate of drug-likeness (QED) is 0.0217. The van der Waals surface area contributed by atoms with Crippen LogP contribution in [0.2, 0.25) is 25.2 Å². The maximum Gasteiger partial charge on any atom is 1.00 e. The Kier molecular flexibility index (Phi) is 37.1. The van der Waals surface area contributed by atoms with Crippen molar-refractivity contribution >= 4 is 212 Å². The molecule has 124 heavy (non-hydrogen) atoms. The summed E-state index contributed by atoms with van der Waals surface area (Å²) in [4.78, 5) is 85.5. The van der Waals surface area contributed by atoms with Crippen molar-refractivity contribution in [2.45, 2.75) is 73.1 Å². The van der Waals surface area contributed by atoms with E-state index in [2.05, 4.69) is 91.0 Å². The number of nitrogens with zero attached hydrogens (tertiary/aromatic N) is 12. The third kappa shape index (κ3) is 24.2. The number of nitrogens with one attached hydrogen (secondary N) is 3. The van der Waals surface area contributed by atoms with Crippen LogP contribution in [0.5, 0.6) is 0 Å². The second kappa shape index (κ2) is 46.5. The standard InChI is InChI=1S/2C22H20ClN5O.C21H17ClIN5O.C17H15ClN2O.C4H3ClIN3.CH4S.CH4.Na.O2S/c2*1-13-12-25-22(24)27-20(13)26-14(2)18-11-15-7-6-10-17(23)19(15)21(29)28(18)16-8-4-3-5-9-16;1-12(26-19-16(23)11-25-21(24)27-19)17-10-13-6-5-9-15(22)18(13)20(29)28(17)14-7-3-2-4-8-14;1-11(19)15-10-12-6-5-9-14(18)16(12)17(21)20(15)13-7-3-2-4-8-13;5-3-2(6)1-8-4(7)9-3;1-2;;;1-3-2/h2*3-12,14H,1-2H3,(H3,24,25,26,27);2-12H,1H3,(H3,24,25,26,27);2-11H,19H2,1H3;1H,(H2,7,8,9);2H,1H3;1H4;;/q;;;;;;;+1;/p-1/t2*14-;12-;11-;;;;;/m0000...../s1. The molecule has 0 aliphatic heterocycles. The second-order valence-corrected chi connectivity index (χ2v) is 31.2. The number of rotatable bonds is 14. The van der Waals surface area contributed by atoms with Gasteiger partial charge in [0.05, 0.1) is 66.9 Å². The summed E-state index contributed by atoms with van der Waals surface area (Å²) < 4.78 is 24.9. The van der Waals surface area contributed by atoms with Crippen molar-refractivity contribution in [1.29, 1.82) is 0 Å². The van der Waals surface area contributed by atoms with Crippen molar-refractivity contribution in [3.63, 3.8) is 0 Å². The number of pyridine rings is 4. The van der Waals surface area contributed by atoms with Gasteiger partial charge in [-0.2, -0.15) is 29.6 Å². The average molecular weight is 2030 g/mol. The predicted molar refractivity (Wildman–Crippen MR) is 522 cm³/mol. The first-order chi connectivity index (χ1) is 58.6. The van der Waals surface area contributed by atoms with E-state index in [9.17, 15) is 19.2 Å². The van der Waals surface area contributed by atoms with Gasteiger partial charge in [0.2, 0.25) is 23.8 Å². The number of aromatic nitrogens is 12. The summed E-state index contributed by atoms with van der Waals surface area (Å²) in [5.74, 6) is 2.65. The maximum atomic E-state index is 13.5. The Morgan fingerprint density at radius 1 is 0.371 bits per heavy atom. The third-order valence-corrected chi connectivity index (χ3v) is 21.9. The first kappa shape index (κ1) is 99.0. The van der Waals surface area contributed by atoms with E-state index in [1.54, 1.807) is 73.6 Å². The van der Waals surface area contributed by atoms with E-state index < -0.39 is 11.6 Å². The molecule has 8 heterocycles. The molecule has 0 unspecified atom stereocenters. The molecule has 16 rings (SSSR count). The van der Waals surface area contributed by atoms with E-state index in [1.807, 2.05) is 258 Å². The van der Waals surface area contributed by atoms with Gasteiger partial charge in [0.1, 0.15) is 22.6 Å². The minimum absolute atomic E-state index is 0. The average Bonchev–Trinajstić information content (AvgIpc) is 0.775. The first-order valence-electron chi connectivity index (χ1n) is 36.9. The Bertz CT molecular complexity index is 6270. The molecule has 4 atom stereocenters. The molecule has 8 aromatic heterocycles. The zero-order valence-electron chi connectivity index (χ0n) is 67.1. The topological polar surface area (TPSA) is 391 Å². The molecule has 0 fully saturated rings. The Labute approximate surface area is 797 Å². The van der Waals surface area contributed by atoms with Crippen LogP contribution in [0.3, 0.4) is 0 Å². The van der Waals surface area contributed by atoms with Crippen LogP contribution in [0.25, 0.3) is 65.8 Å². The number of nitrogen functional groups attached to an aromatic ring is 4. The second-order valence-electron chi connectivity index (χ2n) is 26.8. The van der Waals surface area contributed by atoms with Crippen LogP contribution in [0, 0.1) is 21.0 Å². The molecule has 8 aromatic carbocycles. The van der Waals surface area contributed by atoms with Crippen LogP contribution in [0.1, 0.15) is 93.2 Å². The van der Waals surface area contributed by atoms with Gasteiger partial charge in [0.15, 0.2) is 0 Å². The number of anilines is 7. The number of halogens is 7. The van der Waals surface area contributed by atoms with Gasteiger partial charge in [-0.05, 0) is 205 Å². The van der Waals surface area contributed by atoms with Crippen molar-refractivity contribution in [2.24, 2.45) is 5.73 Å². The van der Waals surface area contributed by atoms with Crippen molar-refractivity contribution in [1.82, 2.24) is 58.1 Å². The molecular weight excluding hydrogens is 1950 g/mol. The first-order valence-corrected chi connectivity index (χ1v) is 42.5. The van der Waals surface area contributed by atoms with Crippen molar-refractivity contribution in [2.75, 3.05) is 45.1 Å².